The van der Waals surface area contributed by atoms with Crippen LogP contribution in [0.3, 0.4) is 0 Å². The summed E-state index contributed by atoms with van der Waals surface area (Å²) >= 11 is 11.6. The lowest BCUT2D eigenvalue weighted by Crippen LogP contribution is -2.32. The van der Waals surface area contributed by atoms with Gasteiger partial charge in [-0.25, -0.2) is 8.51 Å². The van der Waals surface area contributed by atoms with Crippen LogP contribution in [-0.2, 0) is 22.0 Å². The van der Waals surface area contributed by atoms with Crippen molar-refractivity contribution in [3.05, 3.63) is 21.7 Å². The highest BCUT2D eigenvalue weighted by atomic mass is 35.5. The molecule has 0 fully saturated rings. The van der Waals surface area contributed by atoms with Gasteiger partial charge >= 0.3 is 6.18 Å². The Balaban J connectivity index is 3.62. The Morgan fingerprint density at radius 3 is 2.33 bits per heavy atom. The van der Waals surface area contributed by atoms with Crippen LogP contribution in [-0.4, -0.2) is 15.9 Å². The van der Waals surface area contributed by atoms with Gasteiger partial charge in [0, 0.05) is 12.7 Å². The molecule has 0 aliphatic heterocycles. The van der Waals surface area contributed by atoms with Crippen molar-refractivity contribution in [1.29, 1.82) is 0 Å². The van der Waals surface area contributed by atoms with E-state index in [4.69, 9.17) is 28.9 Å². The predicted octanol–water partition coefficient (Wildman–Crippen LogP) is 3.63. The first-order chi connectivity index (χ1) is 9.52. The highest BCUT2D eigenvalue weighted by molar-refractivity contribution is 7.87. The molecule has 0 aliphatic rings. The molecule has 4 nitrogen and oxygen atoms in total. The Labute approximate surface area is 131 Å². The van der Waals surface area contributed by atoms with Gasteiger partial charge < -0.3 is 5.73 Å². The lowest BCUT2D eigenvalue weighted by atomic mass is 10.1. The molecule has 2 N–H and O–H groups in total. The Kier molecular flexibility index (Phi) is 5.51. The fraction of sp³-hybridized carbons (Fsp3) is 0.364. The lowest BCUT2D eigenvalue weighted by Gasteiger charge is -2.23. The number of nitrogens with zero attached hydrogens (tertiary/aromatic N) is 1. The molecule has 1 atom stereocenters. The number of carbonyl (C=O) groups is 1. The molecule has 0 aliphatic carbocycles. The van der Waals surface area contributed by atoms with Gasteiger partial charge in [0.05, 0.1) is 27.0 Å². The maximum atomic E-state index is 12.8. The number of anilines is 2. The van der Waals surface area contributed by atoms with E-state index in [0.29, 0.717) is 6.07 Å². The van der Waals surface area contributed by atoms with Gasteiger partial charge in [-0.1, -0.05) is 30.1 Å². The molecule has 10 heteroatoms. The van der Waals surface area contributed by atoms with Crippen LogP contribution in [0, 0.1) is 0 Å². The summed E-state index contributed by atoms with van der Waals surface area (Å²) in [5.41, 5.74) is 3.08. The highest BCUT2D eigenvalue weighted by Crippen LogP contribution is 2.45. The monoisotopic (exact) mass is 362 g/mol. The number of halogens is 5. The second-order valence-electron chi connectivity index (χ2n) is 3.90. The maximum absolute atomic E-state index is 12.8. The van der Waals surface area contributed by atoms with Gasteiger partial charge in [-0.2, -0.15) is 13.2 Å². The zero-order valence-corrected chi connectivity index (χ0v) is 13.3. The molecular formula is C11H11Cl2F3N2O2S. The van der Waals surface area contributed by atoms with E-state index in [1.54, 1.807) is 0 Å². The van der Waals surface area contributed by atoms with Gasteiger partial charge in [0.15, 0.2) is 0 Å². The summed E-state index contributed by atoms with van der Waals surface area (Å²) in [6, 6.07) is 0.556. The zero-order valence-electron chi connectivity index (χ0n) is 10.9. The van der Waals surface area contributed by atoms with E-state index >= 15 is 0 Å². The summed E-state index contributed by atoms with van der Waals surface area (Å²) in [5.74, 6) is -0.634. The van der Waals surface area contributed by atoms with Gasteiger partial charge in [0.1, 0.15) is 11.0 Å². The van der Waals surface area contributed by atoms with Gasteiger partial charge in [-0.3, -0.25) is 4.79 Å². The van der Waals surface area contributed by atoms with Crippen LogP contribution in [0.25, 0.3) is 0 Å². The summed E-state index contributed by atoms with van der Waals surface area (Å²) in [7, 11) is -1.82. The number of alkyl halides is 3. The van der Waals surface area contributed by atoms with E-state index < -0.39 is 44.4 Å². The first-order valence-corrected chi connectivity index (χ1v) is 7.59. The van der Waals surface area contributed by atoms with E-state index in [-0.39, 0.29) is 11.4 Å². The number of nitrogen functional groups attached to an aromatic ring is 1. The van der Waals surface area contributed by atoms with E-state index in [1.165, 1.54) is 6.92 Å². The average Bonchev–Trinajstić information content (AvgIpc) is 2.36. The van der Waals surface area contributed by atoms with Gasteiger partial charge in [-0.05, 0) is 6.07 Å². The third-order valence-electron chi connectivity index (χ3n) is 2.48. The molecule has 118 valence electrons. The van der Waals surface area contributed by atoms with Crippen LogP contribution in [0.2, 0.25) is 10.0 Å². The minimum absolute atomic E-state index is 0.0488. The molecule has 21 heavy (non-hydrogen) atoms. The van der Waals surface area contributed by atoms with Crippen LogP contribution in [0.1, 0.15) is 19.4 Å². The fourth-order valence-corrected chi connectivity index (χ4v) is 3.24. The molecule has 0 radical (unpaired) electrons. The standard InChI is InChI=1S/C11H11Cl2F3N2O2S/c1-3-21(20)18(5(2)19)10-7(12)4-6(11(14,15)16)9(17)8(10)13/h4H,3,17H2,1-2H3. The van der Waals surface area contributed by atoms with Crippen LogP contribution in [0.15, 0.2) is 6.07 Å². The Morgan fingerprint density at radius 2 is 1.95 bits per heavy atom. The van der Waals surface area contributed by atoms with Crippen molar-refractivity contribution in [3.8, 4) is 0 Å². The van der Waals surface area contributed by atoms with Crippen molar-refractivity contribution in [3.63, 3.8) is 0 Å². The summed E-state index contributed by atoms with van der Waals surface area (Å²) in [6.45, 7) is 2.62. The van der Waals surface area contributed by atoms with Crippen LogP contribution >= 0.6 is 23.2 Å². The van der Waals surface area contributed by atoms with Gasteiger partial charge in [0.25, 0.3) is 0 Å². The minimum atomic E-state index is -4.75. The molecule has 1 amide bonds. The number of rotatable bonds is 3. The minimum Gasteiger partial charge on any atom is -0.397 e. The largest absolute Gasteiger partial charge is 0.418 e. The average molecular weight is 363 g/mol. The van der Waals surface area contributed by atoms with Crippen molar-refractivity contribution in [2.24, 2.45) is 0 Å². The van der Waals surface area contributed by atoms with E-state index in [9.17, 15) is 22.2 Å². The van der Waals surface area contributed by atoms with Gasteiger partial charge in [-0.15, -0.1) is 0 Å². The number of hydrogen-bond acceptors (Lipinski definition) is 3. The van der Waals surface area contributed by atoms with Gasteiger partial charge in [0.2, 0.25) is 5.91 Å². The third-order valence-corrected chi connectivity index (χ3v) is 4.49. The van der Waals surface area contributed by atoms with E-state index in [2.05, 4.69) is 0 Å². The first-order valence-electron chi connectivity index (χ1n) is 5.56. The Bertz CT molecular complexity index is 608. The first kappa shape index (κ1) is 18.1. The molecule has 0 saturated carbocycles. The number of amides is 1. The SMILES string of the molecule is CCS(=O)N(C(C)=O)c1c(Cl)cc(C(F)(F)F)c(N)c1Cl. The molecule has 1 aromatic rings. The maximum Gasteiger partial charge on any atom is 0.418 e. The van der Waals surface area contributed by atoms with Crippen molar-refractivity contribution >= 4 is 51.5 Å². The summed E-state index contributed by atoms with van der Waals surface area (Å²) in [6.07, 6.45) is -4.75. The normalized spacial score (nSPS) is 13.1. The van der Waals surface area contributed by atoms with Crippen LogP contribution in [0.5, 0.6) is 0 Å². The number of hydrogen-bond donors (Lipinski definition) is 1. The second-order valence-corrected chi connectivity index (χ2v) is 6.27. The molecular weight excluding hydrogens is 352 g/mol. The van der Waals surface area contributed by atoms with Crippen molar-refractivity contribution in [2.45, 2.75) is 20.0 Å². The van der Waals surface area contributed by atoms with E-state index in [1.807, 2.05) is 0 Å². The summed E-state index contributed by atoms with van der Waals surface area (Å²) in [5, 5.41) is -1.02. The fourth-order valence-electron chi connectivity index (χ4n) is 1.58. The van der Waals surface area contributed by atoms with E-state index in [0.717, 1.165) is 11.2 Å². The lowest BCUT2D eigenvalue weighted by molar-refractivity contribution is -0.136. The number of benzene rings is 1. The predicted molar refractivity (Wildman–Crippen MR) is 77.7 cm³/mol. The van der Waals surface area contributed by atoms with Crippen LogP contribution < -0.4 is 10.0 Å². The Hall–Kier alpha value is -0.990. The molecule has 0 spiro atoms. The summed E-state index contributed by atoms with van der Waals surface area (Å²) in [4.78, 5) is 11.6. The molecule has 0 bridgehead atoms. The molecule has 0 aromatic heterocycles. The quantitative estimate of drug-likeness (QED) is 0.835. The van der Waals surface area contributed by atoms with Crippen LogP contribution in [0.4, 0.5) is 24.5 Å². The van der Waals surface area contributed by atoms with Crippen molar-refractivity contribution in [2.75, 3.05) is 15.8 Å². The molecule has 1 aromatic carbocycles. The summed E-state index contributed by atoms with van der Waals surface area (Å²) < 4.78 is 51.0. The molecule has 1 rings (SSSR count). The third kappa shape index (κ3) is 3.61. The Morgan fingerprint density at radius 1 is 1.43 bits per heavy atom. The zero-order chi connectivity index (χ0) is 16.5. The topological polar surface area (TPSA) is 63.4 Å². The van der Waals surface area contributed by atoms with Crippen molar-refractivity contribution in [1.82, 2.24) is 0 Å². The van der Waals surface area contributed by atoms with Crippen molar-refractivity contribution < 1.29 is 22.2 Å². The smallest absolute Gasteiger partial charge is 0.397 e. The second kappa shape index (κ2) is 6.41. The number of carbonyl (C=O) groups excluding carboxylic acids is 1. The molecule has 1 unspecified atom stereocenters. The molecule has 0 saturated heterocycles. The molecule has 0 heterocycles. The highest BCUT2D eigenvalue weighted by Gasteiger charge is 2.37. The number of nitrogens with two attached hydrogens (primary N) is 1.